The number of nitrogen functional groups attached to an aromatic ring is 1. The van der Waals surface area contributed by atoms with Gasteiger partial charge in [0.1, 0.15) is 5.82 Å². The number of hydrogen-bond acceptors (Lipinski definition) is 3. The lowest BCUT2D eigenvalue weighted by molar-refractivity contribution is -0.131. The minimum absolute atomic E-state index is 0.0156. The van der Waals surface area contributed by atoms with Crippen LogP contribution in [0, 0.1) is 5.82 Å². The zero-order valence-corrected chi connectivity index (χ0v) is 7.56. The molecule has 0 unspecified atom stereocenters. The van der Waals surface area contributed by atoms with Gasteiger partial charge in [0.2, 0.25) is 0 Å². The first-order valence-electron chi connectivity index (χ1n) is 3.43. The Morgan fingerprint density at radius 1 is 1.62 bits per heavy atom. The molecule has 0 aliphatic carbocycles. The van der Waals surface area contributed by atoms with Crippen LogP contribution in [0.3, 0.4) is 0 Å². The third kappa shape index (κ3) is 2.32. The first kappa shape index (κ1) is 9.80. The molecule has 13 heavy (non-hydrogen) atoms. The summed E-state index contributed by atoms with van der Waals surface area (Å²) in [5.41, 5.74) is 5.13. The average molecular weight is 204 g/mol. The van der Waals surface area contributed by atoms with E-state index in [2.05, 4.69) is 4.74 Å². The normalized spacial score (nSPS) is 9.77. The van der Waals surface area contributed by atoms with Crippen LogP contribution in [-0.4, -0.2) is 5.97 Å². The molecule has 70 valence electrons. The van der Waals surface area contributed by atoms with Crippen molar-refractivity contribution in [3.8, 4) is 5.75 Å². The second-order valence-electron chi connectivity index (χ2n) is 2.40. The quantitative estimate of drug-likeness (QED) is 0.431. The molecule has 0 heterocycles. The van der Waals surface area contributed by atoms with Crippen LogP contribution >= 0.6 is 11.6 Å². The van der Waals surface area contributed by atoms with Gasteiger partial charge in [-0.1, -0.05) is 11.6 Å². The molecule has 1 aromatic rings. The maximum absolute atomic E-state index is 12.7. The highest BCUT2D eigenvalue weighted by molar-refractivity contribution is 6.32. The van der Waals surface area contributed by atoms with E-state index in [1.807, 2.05) is 0 Å². The molecule has 1 aromatic carbocycles. The predicted molar refractivity (Wildman–Crippen MR) is 47.1 cm³/mol. The standard InChI is InChI=1S/C8H7ClFNO2/c1-4(12)13-8-3-7(11)6(10)2-5(8)9/h2-3H,11H2,1H3. The molecule has 3 nitrogen and oxygen atoms in total. The molecule has 0 bridgehead atoms. The van der Waals surface area contributed by atoms with Crippen LogP contribution in [0.25, 0.3) is 0 Å². The van der Waals surface area contributed by atoms with Gasteiger partial charge in [-0.25, -0.2) is 4.39 Å². The van der Waals surface area contributed by atoms with Crippen molar-refractivity contribution in [1.29, 1.82) is 0 Å². The summed E-state index contributed by atoms with van der Waals surface area (Å²) >= 11 is 5.57. The molecule has 0 aliphatic heterocycles. The second-order valence-corrected chi connectivity index (χ2v) is 2.80. The van der Waals surface area contributed by atoms with Gasteiger partial charge in [-0.15, -0.1) is 0 Å². The minimum Gasteiger partial charge on any atom is -0.425 e. The van der Waals surface area contributed by atoms with E-state index in [9.17, 15) is 9.18 Å². The molecule has 0 aromatic heterocycles. The van der Waals surface area contributed by atoms with E-state index in [0.717, 1.165) is 6.07 Å². The molecule has 1 rings (SSSR count). The van der Waals surface area contributed by atoms with Crippen molar-refractivity contribution in [2.24, 2.45) is 0 Å². The Labute approximate surface area is 79.2 Å². The zero-order valence-electron chi connectivity index (χ0n) is 6.80. The topological polar surface area (TPSA) is 52.3 Å². The van der Waals surface area contributed by atoms with Crippen molar-refractivity contribution >= 4 is 23.3 Å². The van der Waals surface area contributed by atoms with E-state index in [0.29, 0.717) is 0 Å². The maximum atomic E-state index is 12.7. The van der Waals surface area contributed by atoms with Gasteiger partial charge in [-0.05, 0) is 6.07 Å². The van der Waals surface area contributed by atoms with Gasteiger partial charge in [-0.3, -0.25) is 4.79 Å². The second kappa shape index (κ2) is 3.62. The van der Waals surface area contributed by atoms with Crippen LogP contribution in [0.5, 0.6) is 5.75 Å². The van der Waals surface area contributed by atoms with E-state index in [-0.39, 0.29) is 16.5 Å². The van der Waals surface area contributed by atoms with Gasteiger partial charge in [0, 0.05) is 13.0 Å². The van der Waals surface area contributed by atoms with Crippen LogP contribution in [-0.2, 0) is 4.79 Å². The highest BCUT2D eigenvalue weighted by Crippen LogP contribution is 2.28. The van der Waals surface area contributed by atoms with Crippen molar-refractivity contribution in [2.75, 3.05) is 5.73 Å². The number of carbonyl (C=O) groups is 1. The Bertz CT molecular complexity index is 354. The Hall–Kier alpha value is -1.29. The van der Waals surface area contributed by atoms with E-state index < -0.39 is 11.8 Å². The van der Waals surface area contributed by atoms with Crippen molar-refractivity contribution in [2.45, 2.75) is 6.92 Å². The molecule has 0 fully saturated rings. The highest BCUT2D eigenvalue weighted by atomic mass is 35.5. The fourth-order valence-corrected chi connectivity index (χ4v) is 0.967. The summed E-state index contributed by atoms with van der Waals surface area (Å²) in [6.45, 7) is 1.22. The number of benzene rings is 1. The number of nitrogens with two attached hydrogens (primary N) is 1. The van der Waals surface area contributed by atoms with E-state index in [1.165, 1.54) is 13.0 Å². The van der Waals surface area contributed by atoms with Gasteiger partial charge in [0.05, 0.1) is 10.7 Å². The minimum atomic E-state index is -0.638. The molecular weight excluding hydrogens is 197 g/mol. The highest BCUT2D eigenvalue weighted by Gasteiger charge is 2.08. The van der Waals surface area contributed by atoms with Gasteiger partial charge in [-0.2, -0.15) is 0 Å². The van der Waals surface area contributed by atoms with Crippen molar-refractivity contribution in [3.63, 3.8) is 0 Å². The molecule has 0 radical (unpaired) electrons. The van der Waals surface area contributed by atoms with Gasteiger partial charge in [0.25, 0.3) is 0 Å². The van der Waals surface area contributed by atoms with Crippen LogP contribution in [0.2, 0.25) is 5.02 Å². The molecule has 0 spiro atoms. The number of carbonyl (C=O) groups excluding carboxylic acids is 1. The Morgan fingerprint density at radius 2 is 2.23 bits per heavy atom. The lowest BCUT2D eigenvalue weighted by Gasteiger charge is -2.05. The monoisotopic (exact) mass is 203 g/mol. The average Bonchev–Trinajstić information content (AvgIpc) is 1.99. The lowest BCUT2D eigenvalue weighted by atomic mass is 10.3. The number of ether oxygens (including phenoxy) is 1. The zero-order chi connectivity index (χ0) is 10.0. The van der Waals surface area contributed by atoms with E-state index >= 15 is 0 Å². The predicted octanol–water partition coefficient (Wildman–Crippen LogP) is 1.99. The summed E-state index contributed by atoms with van der Waals surface area (Å²) in [6.07, 6.45) is 0. The molecule has 0 saturated carbocycles. The smallest absolute Gasteiger partial charge is 0.308 e. The third-order valence-corrected chi connectivity index (χ3v) is 1.60. The molecule has 5 heteroatoms. The summed E-state index contributed by atoms with van der Waals surface area (Å²) < 4.78 is 17.4. The summed E-state index contributed by atoms with van der Waals surface area (Å²) in [7, 11) is 0. The lowest BCUT2D eigenvalue weighted by Crippen LogP contribution is -2.03. The van der Waals surface area contributed by atoms with Gasteiger partial charge in [0.15, 0.2) is 5.75 Å². The molecule has 0 atom stereocenters. The maximum Gasteiger partial charge on any atom is 0.308 e. The van der Waals surface area contributed by atoms with Crippen LogP contribution < -0.4 is 10.5 Å². The Kier molecular flexibility index (Phi) is 2.72. The van der Waals surface area contributed by atoms with Crippen LogP contribution in [0.15, 0.2) is 12.1 Å². The molecular formula is C8H7ClFNO2. The number of esters is 1. The van der Waals surface area contributed by atoms with Crippen LogP contribution in [0.1, 0.15) is 6.92 Å². The SMILES string of the molecule is CC(=O)Oc1cc(N)c(F)cc1Cl. The summed E-state index contributed by atoms with van der Waals surface area (Å²) in [5.74, 6) is -1.11. The van der Waals surface area contributed by atoms with Crippen molar-refractivity contribution in [3.05, 3.63) is 23.0 Å². The van der Waals surface area contributed by atoms with Crippen molar-refractivity contribution in [1.82, 2.24) is 0 Å². The Balaban J connectivity index is 3.08. The molecule has 2 N–H and O–H groups in total. The molecule has 0 aliphatic rings. The first-order chi connectivity index (χ1) is 6.00. The fraction of sp³-hybridized carbons (Fsp3) is 0.125. The van der Waals surface area contributed by atoms with E-state index in [4.69, 9.17) is 17.3 Å². The largest absolute Gasteiger partial charge is 0.425 e. The van der Waals surface area contributed by atoms with Crippen molar-refractivity contribution < 1.29 is 13.9 Å². The molecule has 0 amide bonds. The molecule has 0 saturated heterocycles. The summed E-state index contributed by atoms with van der Waals surface area (Å²) in [5, 5.41) is 0.0156. The number of rotatable bonds is 1. The first-order valence-corrected chi connectivity index (χ1v) is 3.81. The number of halogens is 2. The summed E-state index contributed by atoms with van der Waals surface area (Å²) in [4.78, 5) is 10.5. The summed E-state index contributed by atoms with van der Waals surface area (Å²) in [6, 6.07) is 2.16. The third-order valence-electron chi connectivity index (χ3n) is 1.30. The van der Waals surface area contributed by atoms with Gasteiger partial charge < -0.3 is 10.5 Å². The Morgan fingerprint density at radius 3 is 2.77 bits per heavy atom. The number of hydrogen-bond donors (Lipinski definition) is 1. The van der Waals surface area contributed by atoms with Crippen LogP contribution in [0.4, 0.5) is 10.1 Å². The van der Waals surface area contributed by atoms with E-state index in [1.54, 1.807) is 0 Å². The fourth-order valence-electron chi connectivity index (χ4n) is 0.778. The van der Waals surface area contributed by atoms with Gasteiger partial charge >= 0.3 is 5.97 Å². The number of anilines is 1.